The number of anilines is 1. The molecule has 0 atom stereocenters. The first-order chi connectivity index (χ1) is 16.7. The molecule has 1 saturated heterocycles. The molecule has 10 heteroatoms. The highest BCUT2D eigenvalue weighted by molar-refractivity contribution is 8.00. The van der Waals surface area contributed by atoms with E-state index in [1.807, 2.05) is 12.1 Å². The van der Waals surface area contributed by atoms with Crippen molar-refractivity contribution < 1.29 is 13.2 Å². The van der Waals surface area contributed by atoms with Gasteiger partial charge >= 0.3 is 6.18 Å². The van der Waals surface area contributed by atoms with E-state index >= 15 is 0 Å². The second-order valence-electron chi connectivity index (χ2n) is 10.7. The van der Waals surface area contributed by atoms with Gasteiger partial charge in [-0.2, -0.15) is 18.2 Å². The summed E-state index contributed by atoms with van der Waals surface area (Å²) in [5, 5.41) is 6.78. The van der Waals surface area contributed by atoms with Gasteiger partial charge < -0.3 is 5.73 Å². The van der Waals surface area contributed by atoms with Crippen LogP contribution in [0.1, 0.15) is 57.5 Å². The molecule has 0 radical (unpaired) electrons. The Balaban J connectivity index is 1.60. The predicted octanol–water partition coefficient (Wildman–Crippen LogP) is 7.06. The number of rotatable bonds is 5. The third-order valence-corrected chi connectivity index (χ3v) is 8.60. The Kier molecular flexibility index (Phi) is 7.13. The smallest absolute Gasteiger partial charge is 0.367 e. The summed E-state index contributed by atoms with van der Waals surface area (Å²) in [6.07, 6.45) is -2.41. The summed E-state index contributed by atoms with van der Waals surface area (Å²) >= 11 is 8.22. The lowest BCUT2D eigenvalue weighted by Gasteiger charge is -2.53. The topological polar surface area (TPSA) is 70.8 Å². The molecule has 2 aromatic carbocycles. The molecule has 1 aliphatic rings. The summed E-state index contributed by atoms with van der Waals surface area (Å²) in [5.41, 5.74) is 5.62. The highest BCUT2D eigenvalue weighted by Crippen LogP contribution is 2.45. The molecule has 3 N–H and O–H groups in total. The van der Waals surface area contributed by atoms with Crippen molar-refractivity contribution in [3.05, 3.63) is 58.4 Å². The monoisotopic (exact) mass is 537 g/mol. The second-order valence-corrected chi connectivity index (χ2v) is 12.5. The molecule has 0 unspecified atom stereocenters. The van der Waals surface area contributed by atoms with Crippen LogP contribution in [0.15, 0.2) is 41.3 Å². The average molecular weight is 538 g/mol. The number of halogens is 4. The summed E-state index contributed by atoms with van der Waals surface area (Å²) < 4.78 is 42.2. The number of aromatic nitrogens is 3. The van der Waals surface area contributed by atoms with E-state index in [0.29, 0.717) is 22.2 Å². The Labute approximate surface area is 219 Å². The highest BCUT2D eigenvalue weighted by Gasteiger charge is 2.43. The maximum atomic E-state index is 14.1. The molecule has 0 amide bonds. The third-order valence-electron chi connectivity index (χ3n) is 7.09. The molecule has 1 fully saturated rings. The molecule has 0 saturated carbocycles. The van der Waals surface area contributed by atoms with Crippen LogP contribution >= 0.6 is 23.4 Å². The quantitative estimate of drug-likeness (QED) is 0.364. The minimum atomic E-state index is -4.58. The van der Waals surface area contributed by atoms with Gasteiger partial charge in [0.15, 0.2) is 0 Å². The zero-order chi connectivity index (χ0) is 26.5. The van der Waals surface area contributed by atoms with E-state index in [-0.39, 0.29) is 34.0 Å². The van der Waals surface area contributed by atoms with Crippen molar-refractivity contribution in [3.8, 4) is 11.1 Å². The number of nitrogens with one attached hydrogen (secondary N) is 1. The summed E-state index contributed by atoms with van der Waals surface area (Å²) in [4.78, 5) is 7.43. The van der Waals surface area contributed by atoms with Crippen LogP contribution in [-0.2, 0) is 12.6 Å². The van der Waals surface area contributed by atoms with E-state index < -0.39 is 11.7 Å². The Morgan fingerprint density at radius 2 is 1.72 bits per heavy atom. The number of nitrogens with zero attached hydrogens (tertiary/aromatic N) is 3. The molecular weight excluding hydrogens is 507 g/mol. The second kappa shape index (κ2) is 9.58. The number of thioether (sulfide) groups is 1. The van der Waals surface area contributed by atoms with Crippen LogP contribution in [0.25, 0.3) is 11.1 Å². The lowest BCUT2D eigenvalue weighted by atomic mass is 9.80. The standard InChI is InChI=1S/C26H31ClF3N5S/c1-24(2)13-18(14-25(3,4)35(24)5)36-17-8-6-16(7-9-17)22-19(26(28,29)30)10-15(11-20(22)27)12-21-32-23(31)34-33-21/h6-11,18H,12-14H2,1-5H3,(H3,31,32,33,34). The van der Waals surface area contributed by atoms with Crippen LogP contribution in [0.5, 0.6) is 0 Å². The zero-order valence-corrected chi connectivity index (χ0v) is 22.6. The maximum absolute atomic E-state index is 14.1. The first-order valence-electron chi connectivity index (χ1n) is 11.7. The van der Waals surface area contributed by atoms with Crippen molar-refractivity contribution in [1.29, 1.82) is 0 Å². The van der Waals surface area contributed by atoms with Gasteiger partial charge in [-0.25, -0.2) is 0 Å². The molecule has 3 aromatic rings. The normalized spacial score (nSPS) is 18.5. The van der Waals surface area contributed by atoms with Gasteiger partial charge in [0.05, 0.1) is 5.56 Å². The van der Waals surface area contributed by atoms with Crippen LogP contribution in [-0.4, -0.2) is 43.5 Å². The minimum absolute atomic E-state index is 0.0249. The van der Waals surface area contributed by atoms with Gasteiger partial charge in [-0.05, 0) is 83.0 Å². The number of nitrogen functional groups attached to an aromatic ring is 1. The van der Waals surface area contributed by atoms with Gasteiger partial charge in [0.25, 0.3) is 0 Å². The number of H-pyrrole nitrogens is 1. The molecule has 0 spiro atoms. The van der Waals surface area contributed by atoms with E-state index in [9.17, 15) is 13.2 Å². The maximum Gasteiger partial charge on any atom is 0.417 e. The predicted molar refractivity (Wildman–Crippen MR) is 140 cm³/mol. The van der Waals surface area contributed by atoms with Crippen molar-refractivity contribution in [2.45, 2.75) is 74.4 Å². The average Bonchev–Trinajstić information content (AvgIpc) is 3.16. The lowest BCUT2D eigenvalue weighted by molar-refractivity contribution is -0.137. The van der Waals surface area contributed by atoms with Gasteiger partial charge in [0, 0.05) is 38.2 Å². The van der Waals surface area contributed by atoms with E-state index in [0.717, 1.165) is 23.8 Å². The number of benzene rings is 2. The van der Waals surface area contributed by atoms with Crippen molar-refractivity contribution >= 4 is 29.3 Å². The number of likely N-dealkylation sites (tertiary alicyclic amines) is 1. The van der Waals surface area contributed by atoms with E-state index in [1.54, 1.807) is 23.9 Å². The fourth-order valence-electron chi connectivity index (χ4n) is 5.12. The van der Waals surface area contributed by atoms with E-state index in [4.69, 9.17) is 17.3 Å². The van der Waals surface area contributed by atoms with Crippen molar-refractivity contribution in [3.63, 3.8) is 0 Å². The number of nitrogens with two attached hydrogens (primary N) is 1. The Morgan fingerprint density at radius 3 is 2.25 bits per heavy atom. The van der Waals surface area contributed by atoms with E-state index in [1.165, 1.54) is 6.07 Å². The van der Waals surface area contributed by atoms with Gasteiger partial charge in [0.2, 0.25) is 5.95 Å². The molecule has 1 aromatic heterocycles. The molecule has 5 nitrogen and oxygen atoms in total. The summed E-state index contributed by atoms with van der Waals surface area (Å²) in [5.74, 6) is 0.403. The van der Waals surface area contributed by atoms with Crippen LogP contribution in [0.2, 0.25) is 5.02 Å². The van der Waals surface area contributed by atoms with Gasteiger partial charge in [-0.3, -0.25) is 10.00 Å². The third kappa shape index (κ3) is 5.68. The minimum Gasteiger partial charge on any atom is -0.367 e. The number of hydrogen-bond donors (Lipinski definition) is 2. The van der Waals surface area contributed by atoms with Crippen LogP contribution < -0.4 is 5.73 Å². The number of hydrogen-bond acceptors (Lipinski definition) is 5. The molecular formula is C26H31ClF3N5S. The fraction of sp³-hybridized carbons (Fsp3) is 0.462. The Hall–Kier alpha value is -2.23. The summed E-state index contributed by atoms with van der Waals surface area (Å²) in [6, 6.07) is 9.88. The largest absolute Gasteiger partial charge is 0.417 e. The molecule has 0 bridgehead atoms. The van der Waals surface area contributed by atoms with E-state index in [2.05, 4.69) is 54.8 Å². The highest BCUT2D eigenvalue weighted by atomic mass is 35.5. The Morgan fingerprint density at radius 1 is 1.11 bits per heavy atom. The SMILES string of the molecule is CN1C(C)(C)CC(Sc2ccc(-c3c(Cl)cc(Cc4nc(N)n[nH]4)cc3C(F)(F)F)cc2)CC1(C)C. The van der Waals surface area contributed by atoms with Crippen LogP contribution in [0, 0.1) is 0 Å². The molecule has 194 valence electrons. The molecule has 4 rings (SSSR count). The zero-order valence-electron chi connectivity index (χ0n) is 21.0. The van der Waals surface area contributed by atoms with Crippen molar-refractivity contribution in [2.24, 2.45) is 0 Å². The number of aromatic amines is 1. The molecule has 0 aliphatic carbocycles. The van der Waals surface area contributed by atoms with Crippen molar-refractivity contribution in [2.75, 3.05) is 12.8 Å². The number of piperidine rings is 1. The molecule has 2 heterocycles. The summed E-state index contributed by atoms with van der Waals surface area (Å²) in [6.45, 7) is 9.02. The number of alkyl halides is 3. The van der Waals surface area contributed by atoms with Crippen LogP contribution in [0.3, 0.4) is 0 Å². The first kappa shape index (κ1) is 26.8. The van der Waals surface area contributed by atoms with Crippen molar-refractivity contribution in [1.82, 2.24) is 20.1 Å². The van der Waals surface area contributed by atoms with Gasteiger partial charge in [-0.1, -0.05) is 23.7 Å². The van der Waals surface area contributed by atoms with Gasteiger partial charge in [0.1, 0.15) is 5.82 Å². The fourth-order valence-corrected chi connectivity index (χ4v) is 7.13. The van der Waals surface area contributed by atoms with Crippen LogP contribution in [0.4, 0.5) is 19.1 Å². The lowest BCUT2D eigenvalue weighted by Crippen LogP contribution is -2.59. The summed E-state index contributed by atoms with van der Waals surface area (Å²) in [7, 11) is 2.17. The van der Waals surface area contributed by atoms with Gasteiger partial charge in [-0.15, -0.1) is 16.9 Å². The molecule has 1 aliphatic heterocycles. The first-order valence-corrected chi connectivity index (χ1v) is 13.0. The molecule has 36 heavy (non-hydrogen) atoms. The Bertz CT molecular complexity index is 1220.